The maximum Gasteiger partial charge on any atom is 0.326 e. The van der Waals surface area contributed by atoms with E-state index in [0.717, 1.165) is 16.8 Å². The molecule has 37 heavy (non-hydrogen) atoms. The fourth-order valence-corrected chi connectivity index (χ4v) is 4.52. The van der Waals surface area contributed by atoms with Gasteiger partial charge in [-0.2, -0.15) is 5.10 Å². The van der Waals surface area contributed by atoms with E-state index < -0.39 is 18.5 Å². The van der Waals surface area contributed by atoms with Crippen LogP contribution in [0, 0.1) is 0 Å². The molecule has 0 radical (unpaired) electrons. The van der Waals surface area contributed by atoms with Crippen molar-refractivity contribution < 1.29 is 23.9 Å². The second-order valence-electron chi connectivity index (χ2n) is 8.69. The van der Waals surface area contributed by atoms with Crippen molar-refractivity contribution in [1.82, 2.24) is 9.91 Å². The topological polar surface area (TPSA) is 88.5 Å². The molecule has 3 aromatic carbocycles. The lowest BCUT2D eigenvalue weighted by atomic mass is 9.98. The van der Waals surface area contributed by atoms with Crippen LogP contribution in [-0.2, 0) is 14.3 Å². The van der Waals surface area contributed by atoms with Gasteiger partial charge in [-0.25, -0.2) is 5.01 Å². The highest BCUT2D eigenvalue weighted by Gasteiger charge is 2.35. The van der Waals surface area contributed by atoms with E-state index in [1.165, 1.54) is 9.91 Å². The van der Waals surface area contributed by atoms with Gasteiger partial charge in [-0.15, -0.1) is 0 Å². The second-order valence-corrected chi connectivity index (χ2v) is 8.69. The zero-order valence-corrected chi connectivity index (χ0v) is 20.3. The fraction of sp³-hybridized carbons (Fsp3) is 0.172. The highest BCUT2D eigenvalue weighted by atomic mass is 16.5. The number of fused-ring (bicyclic) bond motifs is 1. The van der Waals surface area contributed by atoms with Crippen LogP contribution in [0.5, 0.6) is 5.75 Å². The number of hydrogen-bond acceptors (Lipinski definition) is 6. The normalized spacial score (nSPS) is 16.5. The molecular weight excluding hydrogens is 470 g/mol. The maximum absolute atomic E-state index is 13.2. The Morgan fingerprint density at radius 2 is 1.65 bits per heavy atom. The molecule has 2 heterocycles. The van der Waals surface area contributed by atoms with Gasteiger partial charge in [-0.05, 0) is 29.3 Å². The van der Waals surface area contributed by atoms with Crippen LogP contribution in [0.2, 0.25) is 0 Å². The number of carbonyl (C=O) groups is 3. The molecule has 1 atom stereocenters. The first-order valence-electron chi connectivity index (χ1n) is 11.8. The lowest BCUT2D eigenvalue weighted by Crippen LogP contribution is -2.34. The number of hydrazone groups is 1. The SMILES string of the molecule is C=C1c2ccccc2C(=O)N1CC(=O)OCC(=O)N1N=C(c2ccccc2)C[C@H]1c1ccc(OC)cc1. The van der Waals surface area contributed by atoms with E-state index in [9.17, 15) is 14.4 Å². The summed E-state index contributed by atoms with van der Waals surface area (Å²) in [5.41, 5.74) is 4.15. The first kappa shape index (κ1) is 24.0. The molecule has 0 spiro atoms. The number of benzene rings is 3. The van der Waals surface area contributed by atoms with E-state index in [-0.39, 0.29) is 18.5 Å². The summed E-state index contributed by atoms with van der Waals surface area (Å²) in [6.07, 6.45) is 0.510. The third-order valence-corrected chi connectivity index (χ3v) is 6.46. The van der Waals surface area contributed by atoms with Gasteiger partial charge in [0.15, 0.2) is 6.61 Å². The number of ether oxygens (including phenoxy) is 2. The van der Waals surface area contributed by atoms with Crippen LogP contribution in [0.1, 0.15) is 39.5 Å². The average molecular weight is 496 g/mol. The second kappa shape index (κ2) is 10.1. The van der Waals surface area contributed by atoms with Crippen LogP contribution in [0.15, 0.2) is 90.5 Å². The summed E-state index contributed by atoms with van der Waals surface area (Å²) in [5.74, 6) is -0.781. The quantitative estimate of drug-likeness (QED) is 0.462. The number of nitrogens with zero attached hydrogens (tertiary/aromatic N) is 3. The Hall–Kier alpha value is -4.72. The van der Waals surface area contributed by atoms with Gasteiger partial charge in [0.05, 0.1) is 18.9 Å². The molecule has 2 aliphatic rings. The number of esters is 1. The minimum Gasteiger partial charge on any atom is -0.497 e. The van der Waals surface area contributed by atoms with Gasteiger partial charge in [-0.3, -0.25) is 19.3 Å². The van der Waals surface area contributed by atoms with E-state index in [4.69, 9.17) is 9.47 Å². The molecule has 186 valence electrons. The van der Waals surface area contributed by atoms with Crippen molar-refractivity contribution in [2.24, 2.45) is 5.10 Å². The van der Waals surface area contributed by atoms with Crippen LogP contribution in [-0.4, -0.2) is 53.7 Å². The zero-order valence-electron chi connectivity index (χ0n) is 20.3. The van der Waals surface area contributed by atoms with Gasteiger partial charge in [0, 0.05) is 23.2 Å². The molecular formula is C29H25N3O5. The molecule has 0 N–H and O–H groups in total. The van der Waals surface area contributed by atoms with E-state index >= 15 is 0 Å². The van der Waals surface area contributed by atoms with Gasteiger partial charge in [-0.1, -0.05) is 67.2 Å². The number of methoxy groups -OCH3 is 1. The molecule has 2 amide bonds. The Labute approximate surface area is 214 Å². The van der Waals surface area contributed by atoms with Gasteiger partial charge in [0.2, 0.25) is 0 Å². The van der Waals surface area contributed by atoms with Crippen molar-refractivity contribution in [3.8, 4) is 5.75 Å². The molecule has 5 rings (SSSR count). The largest absolute Gasteiger partial charge is 0.497 e. The molecule has 0 saturated carbocycles. The zero-order chi connectivity index (χ0) is 25.9. The molecule has 2 aliphatic heterocycles. The Balaban J connectivity index is 1.28. The predicted molar refractivity (Wildman–Crippen MR) is 138 cm³/mol. The third kappa shape index (κ3) is 4.73. The lowest BCUT2D eigenvalue weighted by Gasteiger charge is -2.22. The van der Waals surface area contributed by atoms with Crippen LogP contribution >= 0.6 is 0 Å². The Bertz CT molecular complexity index is 1360. The monoisotopic (exact) mass is 495 g/mol. The standard InChI is InChI=1S/C29H25N3O5/c1-19-23-10-6-7-11-24(23)29(35)31(19)17-28(34)37-18-27(33)32-26(21-12-14-22(36-2)15-13-21)16-25(30-32)20-8-4-3-5-9-20/h3-15,26H,1,16-18H2,2H3/t26-/m0/s1. The van der Waals surface area contributed by atoms with Gasteiger partial charge >= 0.3 is 5.97 Å². The summed E-state index contributed by atoms with van der Waals surface area (Å²) in [7, 11) is 1.59. The molecule has 0 unspecified atom stereocenters. The fourth-order valence-electron chi connectivity index (χ4n) is 4.52. The predicted octanol–water partition coefficient (Wildman–Crippen LogP) is 4.04. The number of carbonyl (C=O) groups excluding carboxylic acids is 3. The summed E-state index contributed by atoms with van der Waals surface area (Å²) in [5, 5.41) is 5.96. The summed E-state index contributed by atoms with van der Waals surface area (Å²) in [6.45, 7) is 3.09. The van der Waals surface area contributed by atoms with E-state index in [1.807, 2.05) is 54.6 Å². The van der Waals surface area contributed by atoms with Crippen molar-refractivity contribution in [2.75, 3.05) is 20.3 Å². The number of amides is 2. The summed E-state index contributed by atoms with van der Waals surface area (Å²) >= 11 is 0. The summed E-state index contributed by atoms with van der Waals surface area (Å²) in [4.78, 5) is 39.7. The summed E-state index contributed by atoms with van der Waals surface area (Å²) < 4.78 is 10.5. The molecule has 8 nitrogen and oxygen atoms in total. The van der Waals surface area contributed by atoms with Crippen molar-refractivity contribution in [2.45, 2.75) is 12.5 Å². The van der Waals surface area contributed by atoms with Gasteiger partial charge < -0.3 is 9.47 Å². The maximum atomic E-state index is 13.2. The van der Waals surface area contributed by atoms with Crippen LogP contribution in [0.4, 0.5) is 0 Å². The van der Waals surface area contributed by atoms with E-state index in [2.05, 4.69) is 11.7 Å². The molecule has 8 heteroatoms. The van der Waals surface area contributed by atoms with E-state index in [0.29, 0.717) is 29.0 Å². The first-order valence-corrected chi connectivity index (χ1v) is 11.8. The Morgan fingerprint density at radius 3 is 2.32 bits per heavy atom. The van der Waals surface area contributed by atoms with Crippen LogP contribution in [0.3, 0.4) is 0 Å². The van der Waals surface area contributed by atoms with Crippen molar-refractivity contribution in [1.29, 1.82) is 0 Å². The molecule has 0 aromatic heterocycles. The smallest absolute Gasteiger partial charge is 0.326 e. The lowest BCUT2D eigenvalue weighted by molar-refractivity contribution is -0.152. The van der Waals surface area contributed by atoms with Crippen LogP contribution in [0.25, 0.3) is 5.70 Å². The molecule has 0 aliphatic carbocycles. The summed E-state index contributed by atoms with van der Waals surface area (Å²) in [6, 6.07) is 23.7. The highest BCUT2D eigenvalue weighted by Crippen LogP contribution is 2.34. The number of rotatable bonds is 7. The first-order chi connectivity index (χ1) is 18.0. The Kier molecular flexibility index (Phi) is 6.55. The molecule has 0 fully saturated rings. The van der Waals surface area contributed by atoms with Gasteiger partial charge in [0.25, 0.3) is 11.8 Å². The van der Waals surface area contributed by atoms with Crippen molar-refractivity contribution in [3.63, 3.8) is 0 Å². The highest BCUT2D eigenvalue weighted by molar-refractivity contribution is 6.10. The minimum atomic E-state index is -0.705. The molecule has 0 bridgehead atoms. The average Bonchev–Trinajstić information content (AvgIpc) is 3.49. The molecule has 0 saturated heterocycles. The Morgan fingerprint density at radius 1 is 0.973 bits per heavy atom. The van der Waals surface area contributed by atoms with Crippen molar-refractivity contribution >= 4 is 29.2 Å². The van der Waals surface area contributed by atoms with Gasteiger partial charge in [0.1, 0.15) is 12.3 Å². The number of hydrogen-bond donors (Lipinski definition) is 0. The van der Waals surface area contributed by atoms with Crippen LogP contribution < -0.4 is 4.74 Å². The van der Waals surface area contributed by atoms with Crippen molar-refractivity contribution in [3.05, 3.63) is 108 Å². The third-order valence-electron chi connectivity index (χ3n) is 6.46. The minimum absolute atomic E-state index is 0.319. The molecule has 3 aromatic rings. The van der Waals surface area contributed by atoms with E-state index in [1.54, 1.807) is 31.4 Å².